The molecule has 0 aromatic heterocycles. The largest absolute Gasteiger partial charge is 0.399 e. The van der Waals surface area contributed by atoms with Gasteiger partial charge < -0.3 is 11.5 Å². The first kappa shape index (κ1) is 15.8. The van der Waals surface area contributed by atoms with Crippen LogP contribution >= 0.6 is 0 Å². The third-order valence-electron chi connectivity index (χ3n) is 2.91. The fourth-order valence-corrected chi connectivity index (χ4v) is 2.08. The second kappa shape index (κ2) is 6.76. The molecule has 1 rings (SSSR count). The lowest BCUT2D eigenvalue weighted by Crippen LogP contribution is -2.47. The Morgan fingerprint density at radius 1 is 1.35 bits per heavy atom. The molecule has 0 aliphatic heterocycles. The summed E-state index contributed by atoms with van der Waals surface area (Å²) in [7, 11) is 1.32. The van der Waals surface area contributed by atoms with E-state index in [9.17, 15) is 4.79 Å². The van der Waals surface area contributed by atoms with Crippen LogP contribution in [0.2, 0.25) is 0 Å². The quantitative estimate of drug-likeness (QED) is 0.288. The summed E-state index contributed by atoms with van der Waals surface area (Å²) in [4.78, 5) is 17.7. The monoisotopic (exact) mass is 279 g/mol. The number of carbonyl (C=O) groups excluding carboxylic acids is 1. The highest BCUT2D eigenvalue weighted by Crippen LogP contribution is 2.29. The Balaban J connectivity index is 3.45. The minimum atomic E-state index is -0.617. The molecule has 1 aromatic rings. The molecule has 0 radical (unpaired) electrons. The maximum atomic E-state index is 12.0. The average Bonchev–Trinajstić information content (AvgIpc) is 2.39. The van der Waals surface area contributed by atoms with Gasteiger partial charge in [0, 0.05) is 5.69 Å². The second-order valence-electron chi connectivity index (χ2n) is 4.23. The van der Waals surface area contributed by atoms with Crippen molar-refractivity contribution in [3.05, 3.63) is 23.3 Å². The van der Waals surface area contributed by atoms with Crippen molar-refractivity contribution in [2.24, 2.45) is 5.73 Å². The standard InChI is InChI=1S/C13H21N5O2/c1-4-8-6-10(14)7-9(5-2)11(8)18(12(15)16)13(19)17-20-3/h6-7H,4-5,14H2,1-3H3,(H3,15,16)(H,17,19). The van der Waals surface area contributed by atoms with E-state index in [-0.39, 0.29) is 5.96 Å². The van der Waals surface area contributed by atoms with Crippen molar-refractivity contribution in [1.29, 1.82) is 5.41 Å². The first-order valence-electron chi connectivity index (χ1n) is 6.34. The number of benzene rings is 1. The van der Waals surface area contributed by atoms with Gasteiger partial charge in [0.2, 0.25) is 5.96 Å². The topological polar surface area (TPSA) is 117 Å². The molecule has 7 heteroatoms. The number of rotatable bonds is 4. The van der Waals surface area contributed by atoms with Crippen molar-refractivity contribution < 1.29 is 9.63 Å². The van der Waals surface area contributed by atoms with Crippen LogP contribution in [-0.4, -0.2) is 19.1 Å². The summed E-state index contributed by atoms with van der Waals surface area (Å²) >= 11 is 0. The van der Waals surface area contributed by atoms with E-state index in [2.05, 4.69) is 10.3 Å². The van der Waals surface area contributed by atoms with E-state index < -0.39 is 6.03 Å². The van der Waals surface area contributed by atoms with Crippen LogP contribution in [0.15, 0.2) is 12.1 Å². The normalized spacial score (nSPS) is 10.2. The summed E-state index contributed by atoms with van der Waals surface area (Å²) in [6.07, 6.45) is 1.33. The Labute approximate surface area is 118 Å². The first-order valence-corrected chi connectivity index (χ1v) is 6.34. The molecule has 0 saturated heterocycles. The lowest BCUT2D eigenvalue weighted by molar-refractivity contribution is 0.112. The molecule has 0 saturated carbocycles. The highest BCUT2D eigenvalue weighted by Gasteiger charge is 2.24. The molecule has 0 spiro atoms. The molecule has 2 amide bonds. The maximum Gasteiger partial charge on any atom is 0.352 e. The molecule has 1 aromatic carbocycles. The fourth-order valence-electron chi connectivity index (χ4n) is 2.08. The van der Waals surface area contributed by atoms with E-state index >= 15 is 0 Å². The Hall–Kier alpha value is -2.28. The van der Waals surface area contributed by atoms with E-state index in [1.165, 1.54) is 7.11 Å². The summed E-state index contributed by atoms with van der Waals surface area (Å²) < 4.78 is 0. The summed E-state index contributed by atoms with van der Waals surface area (Å²) in [6.45, 7) is 3.90. The van der Waals surface area contributed by atoms with Gasteiger partial charge in [-0.1, -0.05) is 13.8 Å². The van der Waals surface area contributed by atoms with Crippen LogP contribution in [0.1, 0.15) is 25.0 Å². The van der Waals surface area contributed by atoms with Crippen LogP contribution in [0, 0.1) is 5.41 Å². The fraction of sp³-hybridized carbons (Fsp3) is 0.385. The zero-order valence-corrected chi connectivity index (χ0v) is 12.0. The molecule has 0 fully saturated rings. The molecule has 0 aliphatic carbocycles. The van der Waals surface area contributed by atoms with Crippen LogP contribution < -0.4 is 21.8 Å². The van der Waals surface area contributed by atoms with Crippen LogP contribution in [0.25, 0.3) is 0 Å². The van der Waals surface area contributed by atoms with Crippen LogP contribution in [-0.2, 0) is 17.7 Å². The Morgan fingerprint density at radius 2 is 1.85 bits per heavy atom. The van der Waals surface area contributed by atoms with Gasteiger partial charge >= 0.3 is 6.03 Å². The van der Waals surface area contributed by atoms with Crippen molar-refractivity contribution in [1.82, 2.24) is 5.48 Å². The van der Waals surface area contributed by atoms with Crippen molar-refractivity contribution in [2.45, 2.75) is 26.7 Å². The third kappa shape index (κ3) is 3.18. The predicted octanol–water partition coefficient (Wildman–Crippen LogP) is 1.36. The summed E-state index contributed by atoms with van der Waals surface area (Å²) in [5.74, 6) is -0.381. The number of anilines is 2. The number of aryl methyl sites for hydroxylation is 2. The lowest BCUT2D eigenvalue weighted by Gasteiger charge is -2.26. The number of urea groups is 1. The highest BCUT2D eigenvalue weighted by molar-refractivity contribution is 6.14. The minimum Gasteiger partial charge on any atom is -0.399 e. The molecule has 0 bridgehead atoms. The number of amides is 2. The van der Waals surface area contributed by atoms with Crippen molar-refractivity contribution >= 4 is 23.4 Å². The van der Waals surface area contributed by atoms with Gasteiger partial charge in [0.1, 0.15) is 0 Å². The number of nitrogens with zero attached hydrogens (tertiary/aromatic N) is 1. The van der Waals surface area contributed by atoms with E-state index in [0.29, 0.717) is 24.2 Å². The molecular formula is C13H21N5O2. The van der Waals surface area contributed by atoms with Crippen LogP contribution in [0.5, 0.6) is 0 Å². The molecule has 7 nitrogen and oxygen atoms in total. The molecule has 0 atom stereocenters. The van der Waals surface area contributed by atoms with Crippen molar-refractivity contribution in [2.75, 3.05) is 17.7 Å². The van der Waals surface area contributed by atoms with Gasteiger partial charge in [0.05, 0.1) is 12.8 Å². The molecule has 0 aliphatic rings. The van der Waals surface area contributed by atoms with Gasteiger partial charge in [0.15, 0.2) is 0 Å². The van der Waals surface area contributed by atoms with Crippen molar-refractivity contribution in [3.63, 3.8) is 0 Å². The molecular weight excluding hydrogens is 258 g/mol. The van der Waals surface area contributed by atoms with E-state index in [1.807, 2.05) is 13.8 Å². The summed E-state index contributed by atoms with van der Waals surface area (Å²) in [5, 5.41) is 7.65. The van der Waals surface area contributed by atoms with E-state index in [1.54, 1.807) is 12.1 Å². The number of hydrogen-bond donors (Lipinski definition) is 4. The lowest BCUT2D eigenvalue weighted by atomic mass is 10.0. The smallest absolute Gasteiger partial charge is 0.352 e. The molecule has 20 heavy (non-hydrogen) atoms. The Kier molecular flexibility index (Phi) is 5.33. The number of nitrogens with two attached hydrogens (primary N) is 2. The van der Waals surface area contributed by atoms with Gasteiger partial charge in [-0.15, -0.1) is 0 Å². The number of guanidine groups is 1. The summed E-state index contributed by atoms with van der Waals surface area (Å²) in [5.41, 5.74) is 16.5. The van der Waals surface area contributed by atoms with Gasteiger partial charge in [-0.25, -0.2) is 15.2 Å². The molecule has 6 N–H and O–H groups in total. The SMILES string of the molecule is CCc1cc(N)cc(CC)c1N(C(=N)N)C(=O)NOC. The number of carbonyl (C=O) groups is 1. The zero-order chi connectivity index (χ0) is 15.3. The van der Waals surface area contributed by atoms with E-state index in [0.717, 1.165) is 16.0 Å². The molecule has 0 unspecified atom stereocenters. The van der Waals surface area contributed by atoms with Crippen LogP contribution in [0.4, 0.5) is 16.2 Å². The average molecular weight is 279 g/mol. The van der Waals surface area contributed by atoms with Gasteiger partial charge in [-0.2, -0.15) is 0 Å². The highest BCUT2D eigenvalue weighted by atomic mass is 16.6. The predicted molar refractivity (Wildman–Crippen MR) is 79.5 cm³/mol. The van der Waals surface area contributed by atoms with Gasteiger partial charge in [-0.3, -0.25) is 10.2 Å². The summed E-state index contributed by atoms with van der Waals surface area (Å²) in [6, 6.07) is 2.95. The van der Waals surface area contributed by atoms with Gasteiger partial charge in [-0.05, 0) is 36.1 Å². The van der Waals surface area contributed by atoms with E-state index in [4.69, 9.17) is 16.9 Å². The molecule has 0 heterocycles. The van der Waals surface area contributed by atoms with Gasteiger partial charge in [0.25, 0.3) is 0 Å². The Bertz CT molecular complexity index is 490. The number of hydrogen-bond acceptors (Lipinski definition) is 4. The maximum absolute atomic E-state index is 12.0. The number of hydroxylamine groups is 1. The second-order valence-corrected chi connectivity index (χ2v) is 4.23. The first-order chi connectivity index (χ1) is 9.46. The zero-order valence-electron chi connectivity index (χ0n) is 12.0. The third-order valence-corrected chi connectivity index (χ3v) is 2.91. The van der Waals surface area contributed by atoms with Crippen LogP contribution in [0.3, 0.4) is 0 Å². The molecule has 110 valence electrons. The Morgan fingerprint density at radius 3 is 2.20 bits per heavy atom. The minimum absolute atomic E-state index is 0.381. The van der Waals surface area contributed by atoms with Crippen molar-refractivity contribution in [3.8, 4) is 0 Å². The number of nitrogen functional groups attached to an aromatic ring is 1. The number of nitrogens with one attached hydrogen (secondary N) is 2.